The van der Waals surface area contributed by atoms with E-state index in [1.807, 2.05) is 48.5 Å². The van der Waals surface area contributed by atoms with Gasteiger partial charge in [0.05, 0.1) is 11.9 Å². The molecule has 1 heterocycles. The van der Waals surface area contributed by atoms with E-state index in [0.29, 0.717) is 17.7 Å². The number of hydrogen-bond donors (Lipinski definition) is 2. The molecule has 0 atom stereocenters. The zero-order chi connectivity index (χ0) is 20.3. The van der Waals surface area contributed by atoms with Gasteiger partial charge in [-0.25, -0.2) is 9.78 Å². The van der Waals surface area contributed by atoms with Crippen molar-refractivity contribution in [1.82, 2.24) is 9.97 Å². The largest absolute Gasteiger partial charge is 0.478 e. The Kier molecular flexibility index (Phi) is 5.79. The number of thioether (sulfide) groups is 1. The molecule has 0 unspecified atom stereocenters. The number of benzene rings is 2. The summed E-state index contributed by atoms with van der Waals surface area (Å²) in [4.78, 5) is 19.4. The molecule has 1 aliphatic rings. The van der Waals surface area contributed by atoms with Gasteiger partial charge in [-0.1, -0.05) is 71.9 Å². The van der Waals surface area contributed by atoms with Crippen LogP contribution in [0, 0.1) is 0 Å². The number of carbonyl (C=O) groups is 1. The van der Waals surface area contributed by atoms with E-state index in [4.69, 9.17) is 11.6 Å². The van der Waals surface area contributed by atoms with Crippen LogP contribution in [-0.2, 0) is 17.6 Å². The lowest BCUT2D eigenvalue weighted by molar-refractivity contribution is -0.132. The molecule has 0 bridgehead atoms. The van der Waals surface area contributed by atoms with Crippen LogP contribution in [0.25, 0.3) is 6.08 Å². The lowest BCUT2D eigenvalue weighted by Gasteiger charge is -2.14. The summed E-state index contributed by atoms with van der Waals surface area (Å²) >= 11 is 8.04. The summed E-state index contributed by atoms with van der Waals surface area (Å²) < 4.78 is 0.115. The van der Waals surface area contributed by atoms with E-state index in [9.17, 15) is 9.90 Å². The standard InChI is InChI=1S/C23H21ClN2O2S/c24-20-9-5-4-8-17(20)14-23(10-11-23)29-22-25-15-19(26-22)13-18(21(27)28)12-16-6-2-1-3-7-16/h1-9,13,15H,10-12,14H2,(H,25,26)(H,27,28)/b18-13+. The van der Waals surface area contributed by atoms with Gasteiger partial charge in [-0.3, -0.25) is 0 Å². The molecule has 4 nitrogen and oxygen atoms in total. The van der Waals surface area contributed by atoms with Gasteiger partial charge in [0.25, 0.3) is 0 Å². The second kappa shape index (κ2) is 8.47. The molecule has 4 rings (SSSR count). The van der Waals surface area contributed by atoms with Crippen LogP contribution in [-0.4, -0.2) is 25.8 Å². The van der Waals surface area contributed by atoms with Crippen LogP contribution in [0.4, 0.5) is 0 Å². The number of nitrogens with zero attached hydrogens (tertiary/aromatic N) is 1. The van der Waals surface area contributed by atoms with E-state index >= 15 is 0 Å². The summed E-state index contributed by atoms with van der Waals surface area (Å²) in [6.07, 6.45) is 6.86. The highest BCUT2D eigenvalue weighted by molar-refractivity contribution is 8.00. The van der Waals surface area contributed by atoms with Gasteiger partial charge in [-0.05, 0) is 42.5 Å². The average Bonchev–Trinajstić information content (AvgIpc) is 3.32. The third-order valence-corrected chi connectivity index (χ3v) is 6.76. The Labute approximate surface area is 179 Å². The summed E-state index contributed by atoms with van der Waals surface area (Å²) in [5.74, 6) is -0.921. The zero-order valence-corrected chi connectivity index (χ0v) is 17.3. The molecule has 3 aromatic rings. The summed E-state index contributed by atoms with van der Waals surface area (Å²) in [5, 5.41) is 11.2. The molecule has 0 aliphatic heterocycles. The zero-order valence-electron chi connectivity index (χ0n) is 15.8. The fourth-order valence-corrected chi connectivity index (χ4v) is 4.70. The first-order chi connectivity index (χ1) is 14.0. The highest BCUT2D eigenvalue weighted by atomic mass is 35.5. The molecule has 0 saturated heterocycles. The molecule has 1 saturated carbocycles. The summed E-state index contributed by atoms with van der Waals surface area (Å²) in [5.41, 5.74) is 3.15. The highest BCUT2D eigenvalue weighted by Crippen LogP contribution is 2.53. The molecule has 29 heavy (non-hydrogen) atoms. The first-order valence-corrected chi connectivity index (χ1v) is 10.7. The fraction of sp³-hybridized carbons (Fsp3) is 0.217. The number of imidazole rings is 1. The van der Waals surface area contributed by atoms with Crippen molar-refractivity contribution >= 4 is 35.4 Å². The number of aromatic nitrogens is 2. The van der Waals surface area contributed by atoms with Crippen molar-refractivity contribution in [3.8, 4) is 0 Å². The van der Waals surface area contributed by atoms with Crippen LogP contribution in [0.15, 0.2) is 71.5 Å². The predicted octanol–water partition coefficient (Wildman–Crippen LogP) is 5.64. The van der Waals surface area contributed by atoms with Gasteiger partial charge >= 0.3 is 5.97 Å². The van der Waals surface area contributed by atoms with Crippen LogP contribution in [0.2, 0.25) is 5.02 Å². The van der Waals surface area contributed by atoms with Gasteiger partial charge in [0.15, 0.2) is 5.16 Å². The lowest BCUT2D eigenvalue weighted by Crippen LogP contribution is -2.08. The molecule has 1 aromatic heterocycles. The van der Waals surface area contributed by atoms with Crippen molar-refractivity contribution in [2.75, 3.05) is 0 Å². The van der Waals surface area contributed by atoms with Gasteiger partial charge in [0.2, 0.25) is 0 Å². The summed E-state index contributed by atoms with van der Waals surface area (Å²) in [6, 6.07) is 17.5. The maximum absolute atomic E-state index is 11.7. The summed E-state index contributed by atoms with van der Waals surface area (Å²) in [6.45, 7) is 0. The SMILES string of the molecule is O=C(O)/C(=C/c1cnc(SC2(Cc3ccccc3Cl)CC2)[nH]1)Cc1ccccc1. The smallest absolute Gasteiger partial charge is 0.331 e. The molecule has 0 amide bonds. The van der Waals surface area contributed by atoms with Crippen LogP contribution in [0.5, 0.6) is 0 Å². The van der Waals surface area contributed by atoms with Gasteiger partial charge in [0.1, 0.15) is 0 Å². The molecule has 1 aliphatic carbocycles. The maximum atomic E-state index is 11.7. The van der Waals surface area contributed by atoms with E-state index < -0.39 is 5.97 Å². The Balaban J connectivity index is 1.47. The van der Waals surface area contributed by atoms with Crippen molar-refractivity contribution in [1.29, 1.82) is 0 Å². The molecular formula is C23H21ClN2O2S. The number of hydrogen-bond acceptors (Lipinski definition) is 3. The number of aliphatic carboxylic acids is 1. The van der Waals surface area contributed by atoms with Crippen LogP contribution >= 0.6 is 23.4 Å². The van der Waals surface area contributed by atoms with Crippen molar-refractivity contribution in [3.05, 3.63) is 88.2 Å². The number of halogens is 1. The van der Waals surface area contributed by atoms with Gasteiger partial charge in [-0.15, -0.1) is 0 Å². The number of aromatic amines is 1. The van der Waals surface area contributed by atoms with Gasteiger partial charge in [-0.2, -0.15) is 0 Å². The fourth-order valence-electron chi connectivity index (χ4n) is 3.28. The van der Waals surface area contributed by atoms with E-state index in [0.717, 1.165) is 40.6 Å². The first kappa shape index (κ1) is 19.8. The number of carboxylic acid groups (broad SMARTS) is 1. The van der Waals surface area contributed by atoms with E-state index in [1.165, 1.54) is 0 Å². The van der Waals surface area contributed by atoms with E-state index in [2.05, 4.69) is 16.0 Å². The summed E-state index contributed by atoms with van der Waals surface area (Å²) in [7, 11) is 0. The molecule has 6 heteroatoms. The molecule has 0 spiro atoms. The minimum atomic E-state index is -0.921. The number of H-pyrrole nitrogens is 1. The minimum Gasteiger partial charge on any atom is -0.478 e. The lowest BCUT2D eigenvalue weighted by atomic mass is 10.0. The Morgan fingerprint density at radius 3 is 2.59 bits per heavy atom. The van der Waals surface area contributed by atoms with Crippen molar-refractivity contribution in [2.24, 2.45) is 0 Å². The van der Waals surface area contributed by atoms with Crippen molar-refractivity contribution in [2.45, 2.75) is 35.6 Å². The van der Waals surface area contributed by atoms with Gasteiger partial charge < -0.3 is 10.1 Å². The van der Waals surface area contributed by atoms with Crippen LogP contribution in [0.3, 0.4) is 0 Å². The van der Waals surface area contributed by atoms with E-state index in [-0.39, 0.29) is 4.75 Å². The topological polar surface area (TPSA) is 66.0 Å². The molecule has 2 aromatic carbocycles. The third kappa shape index (κ3) is 5.11. The number of rotatable bonds is 8. The van der Waals surface area contributed by atoms with Crippen LogP contribution in [0.1, 0.15) is 29.7 Å². The van der Waals surface area contributed by atoms with E-state index in [1.54, 1.807) is 24.0 Å². The third-order valence-electron chi connectivity index (χ3n) is 5.01. The highest BCUT2D eigenvalue weighted by Gasteiger charge is 2.44. The van der Waals surface area contributed by atoms with Gasteiger partial charge in [0, 0.05) is 21.8 Å². The Morgan fingerprint density at radius 2 is 1.90 bits per heavy atom. The average molecular weight is 425 g/mol. The minimum absolute atomic E-state index is 0.115. The normalized spacial score (nSPS) is 15.3. The molecule has 0 radical (unpaired) electrons. The molecule has 2 N–H and O–H groups in total. The maximum Gasteiger partial charge on any atom is 0.331 e. The van der Waals surface area contributed by atoms with Crippen molar-refractivity contribution < 1.29 is 9.90 Å². The quantitative estimate of drug-likeness (QED) is 0.459. The Hall–Kier alpha value is -2.50. The predicted molar refractivity (Wildman–Crippen MR) is 117 cm³/mol. The molecule has 148 valence electrons. The van der Waals surface area contributed by atoms with Crippen molar-refractivity contribution in [3.63, 3.8) is 0 Å². The van der Waals surface area contributed by atoms with Crippen LogP contribution < -0.4 is 0 Å². The monoisotopic (exact) mass is 424 g/mol. The number of nitrogens with one attached hydrogen (secondary N) is 1. The first-order valence-electron chi connectivity index (χ1n) is 9.48. The molecule has 1 fully saturated rings. The second-order valence-electron chi connectivity index (χ2n) is 7.33. The molecular weight excluding hydrogens is 404 g/mol. The Morgan fingerprint density at radius 1 is 1.17 bits per heavy atom. The number of carboxylic acids is 1. The second-order valence-corrected chi connectivity index (χ2v) is 9.20. The Bertz CT molecular complexity index is 1040.